The molecule has 0 radical (unpaired) electrons. The number of hydrogen-bond acceptors (Lipinski definition) is 11. The summed E-state index contributed by atoms with van der Waals surface area (Å²) in [6.07, 6.45) is 18.1. The Morgan fingerprint density at radius 2 is 1.38 bits per heavy atom. The van der Waals surface area contributed by atoms with Crippen LogP contribution in [0.4, 0.5) is 0 Å². The second-order valence-corrected chi connectivity index (χ2v) is 13.6. The van der Waals surface area contributed by atoms with Gasteiger partial charge in [-0.05, 0) is 57.8 Å². The molecule has 14 heteroatoms. The Hall–Kier alpha value is -1.98. The van der Waals surface area contributed by atoms with Gasteiger partial charge in [0, 0.05) is 0 Å². The largest absolute Gasteiger partial charge is 0.397 e. The number of allylic oxidation sites excluding steroid dienone is 7. The van der Waals surface area contributed by atoms with Gasteiger partial charge in [-0.2, -0.15) is 8.42 Å². The standard InChI is InChI=1S/C36H63NO12S/c1-3-5-7-9-11-13-15-17-18-20-22-24-29(39)28(37-35(43)30(40)25-23-21-19-16-14-12-10-8-6-4-2)27-47-36-33(42)34(49-50(44,45)46)32(41)31(26-38)48-36/h7,9-10,12,15,17,22,24,28-34,36,38-42H,3-6,8,11,13-14,16,18-21,23,25-27H2,1-2H3,(H,37,43)(H,44,45,46)/b9-7+,12-10-,17-15+,24-22+. The number of aliphatic hydroxyl groups excluding tert-OH is 5. The molecule has 0 aromatic carbocycles. The summed E-state index contributed by atoms with van der Waals surface area (Å²) in [4.78, 5) is 12.9. The quantitative estimate of drug-likeness (QED) is 0.0346. The van der Waals surface area contributed by atoms with Crippen LogP contribution in [0.15, 0.2) is 48.6 Å². The molecule has 1 heterocycles. The number of hydrogen-bond donors (Lipinski definition) is 7. The minimum Gasteiger partial charge on any atom is -0.394 e. The predicted octanol–water partition coefficient (Wildman–Crippen LogP) is 3.95. The number of aliphatic hydroxyl groups is 5. The van der Waals surface area contributed by atoms with E-state index in [9.17, 15) is 38.7 Å². The van der Waals surface area contributed by atoms with Crippen molar-refractivity contribution in [1.82, 2.24) is 5.32 Å². The van der Waals surface area contributed by atoms with Crippen LogP contribution in [-0.2, 0) is 28.9 Å². The minimum absolute atomic E-state index is 0.216. The smallest absolute Gasteiger partial charge is 0.394 e. The van der Waals surface area contributed by atoms with Crippen LogP contribution in [-0.4, -0.2) is 107 Å². The molecule has 0 aliphatic carbocycles. The lowest BCUT2D eigenvalue weighted by atomic mass is 9.99. The molecule has 0 aromatic rings. The van der Waals surface area contributed by atoms with Gasteiger partial charge in [0.05, 0.1) is 25.4 Å². The van der Waals surface area contributed by atoms with Crippen molar-refractivity contribution in [1.29, 1.82) is 0 Å². The number of unbranched alkanes of at least 4 members (excludes halogenated alkanes) is 9. The fraction of sp³-hybridized carbons (Fsp3) is 0.750. The van der Waals surface area contributed by atoms with Gasteiger partial charge in [0.1, 0.15) is 30.5 Å². The van der Waals surface area contributed by atoms with Gasteiger partial charge in [-0.1, -0.05) is 101 Å². The lowest BCUT2D eigenvalue weighted by molar-refractivity contribution is -0.298. The normalized spacial score (nSPS) is 23.7. The van der Waals surface area contributed by atoms with Crippen molar-refractivity contribution in [3.05, 3.63) is 48.6 Å². The maximum absolute atomic E-state index is 12.9. The van der Waals surface area contributed by atoms with E-state index >= 15 is 0 Å². The van der Waals surface area contributed by atoms with Gasteiger partial charge in [0.25, 0.3) is 0 Å². The molecule has 0 saturated carbocycles. The summed E-state index contributed by atoms with van der Waals surface area (Å²) in [5.41, 5.74) is 0. The third-order valence-electron chi connectivity index (χ3n) is 8.15. The van der Waals surface area contributed by atoms with E-state index in [2.05, 4.69) is 53.7 Å². The van der Waals surface area contributed by atoms with Gasteiger partial charge in [0.2, 0.25) is 5.91 Å². The van der Waals surface area contributed by atoms with Crippen molar-refractivity contribution < 1.29 is 57.0 Å². The minimum atomic E-state index is -5.12. The van der Waals surface area contributed by atoms with E-state index in [1.54, 1.807) is 6.08 Å². The highest BCUT2D eigenvalue weighted by molar-refractivity contribution is 7.80. The highest BCUT2D eigenvalue weighted by atomic mass is 32.3. The van der Waals surface area contributed by atoms with E-state index in [1.807, 2.05) is 6.08 Å². The summed E-state index contributed by atoms with van der Waals surface area (Å²) in [7, 11) is -5.12. The molecule has 13 nitrogen and oxygen atoms in total. The van der Waals surface area contributed by atoms with Crippen LogP contribution in [0, 0.1) is 0 Å². The Bertz CT molecular complexity index is 1110. The lowest BCUT2D eigenvalue weighted by Gasteiger charge is -2.41. The number of amides is 1. The molecule has 8 unspecified atom stereocenters. The van der Waals surface area contributed by atoms with Crippen molar-refractivity contribution in [2.45, 2.75) is 159 Å². The van der Waals surface area contributed by atoms with Crippen LogP contribution >= 0.6 is 0 Å². The molecule has 1 fully saturated rings. The summed E-state index contributed by atoms with van der Waals surface area (Å²) < 4.78 is 47.1. The fourth-order valence-electron chi connectivity index (χ4n) is 5.18. The van der Waals surface area contributed by atoms with E-state index in [4.69, 9.17) is 14.0 Å². The molecule has 8 atom stereocenters. The first-order chi connectivity index (χ1) is 23.9. The third kappa shape index (κ3) is 20.8. The average molecular weight is 734 g/mol. The zero-order valence-corrected chi connectivity index (χ0v) is 30.6. The van der Waals surface area contributed by atoms with Crippen LogP contribution in [0.3, 0.4) is 0 Å². The second-order valence-electron chi connectivity index (χ2n) is 12.6. The van der Waals surface area contributed by atoms with Gasteiger partial charge in [0.15, 0.2) is 6.29 Å². The first-order valence-electron chi connectivity index (χ1n) is 18.1. The van der Waals surface area contributed by atoms with Crippen LogP contribution in [0.5, 0.6) is 0 Å². The number of carbonyl (C=O) groups excluding carboxylic acids is 1. The lowest BCUT2D eigenvalue weighted by Crippen LogP contribution is -2.61. The molecule has 0 aromatic heterocycles. The zero-order valence-electron chi connectivity index (χ0n) is 29.8. The number of rotatable bonds is 28. The van der Waals surface area contributed by atoms with Crippen LogP contribution < -0.4 is 5.32 Å². The van der Waals surface area contributed by atoms with Crippen molar-refractivity contribution in [2.24, 2.45) is 0 Å². The summed E-state index contributed by atoms with van der Waals surface area (Å²) in [5.74, 6) is -0.734. The van der Waals surface area contributed by atoms with Crippen LogP contribution in [0.2, 0.25) is 0 Å². The molecule has 1 saturated heterocycles. The molecular weight excluding hydrogens is 670 g/mol. The van der Waals surface area contributed by atoms with Crippen molar-refractivity contribution in [3.8, 4) is 0 Å². The van der Waals surface area contributed by atoms with E-state index in [1.165, 1.54) is 18.9 Å². The van der Waals surface area contributed by atoms with Gasteiger partial charge >= 0.3 is 10.4 Å². The first kappa shape index (κ1) is 46.0. The molecule has 1 aliphatic heterocycles. The summed E-state index contributed by atoms with van der Waals surface area (Å²) in [5, 5.41) is 54.6. The van der Waals surface area contributed by atoms with E-state index < -0.39 is 78.5 Å². The predicted molar refractivity (Wildman–Crippen MR) is 191 cm³/mol. The van der Waals surface area contributed by atoms with E-state index in [0.29, 0.717) is 12.8 Å². The van der Waals surface area contributed by atoms with Gasteiger partial charge in [-0.25, -0.2) is 4.18 Å². The zero-order chi connectivity index (χ0) is 37.2. The number of carbonyl (C=O) groups is 1. The van der Waals surface area contributed by atoms with Crippen molar-refractivity contribution in [3.63, 3.8) is 0 Å². The molecule has 290 valence electrons. The highest BCUT2D eigenvalue weighted by Crippen LogP contribution is 2.26. The highest BCUT2D eigenvalue weighted by Gasteiger charge is 2.48. The molecule has 1 aliphatic rings. The molecular formula is C36H63NO12S. The summed E-state index contributed by atoms with van der Waals surface area (Å²) >= 11 is 0. The van der Waals surface area contributed by atoms with E-state index in [-0.39, 0.29) is 6.42 Å². The second kappa shape index (κ2) is 27.6. The summed E-state index contributed by atoms with van der Waals surface area (Å²) in [6, 6.07) is -1.14. The Morgan fingerprint density at radius 3 is 1.98 bits per heavy atom. The van der Waals surface area contributed by atoms with Crippen molar-refractivity contribution >= 4 is 16.3 Å². The monoisotopic (exact) mass is 733 g/mol. The number of ether oxygens (including phenoxy) is 2. The Morgan fingerprint density at radius 1 is 0.800 bits per heavy atom. The Labute approximate surface area is 299 Å². The molecule has 7 N–H and O–H groups in total. The Balaban J connectivity index is 2.81. The molecule has 50 heavy (non-hydrogen) atoms. The van der Waals surface area contributed by atoms with Gasteiger partial charge in [-0.3, -0.25) is 9.35 Å². The molecule has 0 bridgehead atoms. The Kier molecular flexibility index (Phi) is 25.5. The number of nitrogens with one attached hydrogen (secondary N) is 1. The molecule has 1 rings (SSSR count). The molecule has 0 spiro atoms. The van der Waals surface area contributed by atoms with Crippen molar-refractivity contribution in [2.75, 3.05) is 13.2 Å². The maximum atomic E-state index is 12.9. The van der Waals surface area contributed by atoms with Gasteiger partial charge < -0.3 is 40.3 Å². The maximum Gasteiger partial charge on any atom is 0.397 e. The SMILES string of the molecule is CCC/C=C/CC/C=C/CC/C=C/C(O)C(COC1OC(CO)C(O)C(OS(=O)(=O)O)C1O)NC(=O)C(O)CCCCCC/C=C\CCCC. The third-order valence-corrected chi connectivity index (χ3v) is 8.61. The summed E-state index contributed by atoms with van der Waals surface area (Å²) in [6.45, 7) is 2.99. The van der Waals surface area contributed by atoms with Crippen LogP contribution in [0.25, 0.3) is 0 Å². The van der Waals surface area contributed by atoms with Crippen LogP contribution in [0.1, 0.15) is 110 Å². The first-order valence-corrected chi connectivity index (χ1v) is 19.5. The average Bonchev–Trinajstić information content (AvgIpc) is 3.08. The van der Waals surface area contributed by atoms with Gasteiger partial charge in [-0.15, -0.1) is 0 Å². The molecule has 1 amide bonds. The van der Waals surface area contributed by atoms with E-state index in [0.717, 1.165) is 64.2 Å². The topological polar surface area (TPSA) is 212 Å². The fourth-order valence-corrected chi connectivity index (χ4v) is 5.69.